The molecular weight excluding hydrogens is 310 g/mol. The summed E-state index contributed by atoms with van der Waals surface area (Å²) in [6.07, 6.45) is 2.04. The summed E-state index contributed by atoms with van der Waals surface area (Å²) < 4.78 is 0. The van der Waals surface area contributed by atoms with E-state index < -0.39 is 6.10 Å². The van der Waals surface area contributed by atoms with Crippen LogP contribution in [0.4, 0.5) is 5.82 Å². The Hall–Kier alpha value is -2.90. The SMILES string of the molecule is N#Cc1cccnc1N1CC[C@@H](c2ccc3ccccc3c2)[C@H](O)C1. The zero-order valence-electron chi connectivity index (χ0n) is 13.8. The minimum Gasteiger partial charge on any atom is -0.391 e. The van der Waals surface area contributed by atoms with Gasteiger partial charge in [-0.15, -0.1) is 0 Å². The largest absolute Gasteiger partial charge is 0.391 e. The van der Waals surface area contributed by atoms with E-state index >= 15 is 0 Å². The Kier molecular flexibility index (Phi) is 4.09. The molecule has 2 aromatic carbocycles. The summed E-state index contributed by atoms with van der Waals surface area (Å²) in [5, 5.41) is 22.4. The molecule has 0 radical (unpaired) electrons. The number of hydrogen-bond acceptors (Lipinski definition) is 4. The molecule has 0 unspecified atom stereocenters. The molecule has 4 nitrogen and oxygen atoms in total. The highest BCUT2D eigenvalue weighted by atomic mass is 16.3. The Bertz CT molecular complexity index is 947. The predicted octanol–water partition coefficient (Wildman–Crippen LogP) is 3.46. The van der Waals surface area contributed by atoms with Crippen molar-refractivity contribution in [2.75, 3.05) is 18.0 Å². The number of hydrogen-bond donors (Lipinski definition) is 1. The van der Waals surface area contributed by atoms with Crippen LogP contribution >= 0.6 is 0 Å². The maximum atomic E-state index is 10.7. The van der Waals surface area contributed by atoms with E-state index in [1.54, 1.807) is 18.3 Å². The lowest BCUT2D eigenvalue weighted by Crippen LogP contribution is -2.43. The Labute approximate surface area is 147 Å². The van der Waals surface area contributed by atoms with Crippen LogP contribution in [-0.4, -0.2) is 29.3 Å². The number of anilines is 1. The number of aliphatic hydroxyl groups excluding tert-OH is 1. The summed E-state index contributed by atoms with van der Waals surface area (Å²) in [5.41, 5.74) is 1.73. The van der Waals surface area contributed by atoms with Crippen LogP contribution in [0, 0.1) is 11.3 Å². The van der Waals surface area contributed by atoms with Crippen molar-refractivity contribution >= 4 is 16.6 Å². The molecule has 2 atom stereocenters. The second kappa shape index (κ2) is 6.54. The molecule has 2 heterocycles. The number of nitriles is 1. The molecule has 0 saturated carbocycles. The minimum absolute atomic E-state index is 0.107. The first kappa shape index (κ1) is 15.6. The molecule has 124 valence electrons. The standard InChI is InChI=1S/C21H19N3O/c22-13-18-6-3-10-23-21(18)24-11-9-19(20(25)14-24)17-8-7-15-4-1-2-5-16(15)12-17/h1-8,10,12,19-20,25H,9,11,14H2/t19-,20+/m0/s1. The van der Waals surface area contributed by atoms with Crippen molar-refractivity contribution in [3.8, 4) is 6.07 Å². The van der Waals surface area contributed by atoms with Crippen LogP contribution in [0.3, 0.4) is 0 Å². The first-order chi connectivity index (χ1) is 12.3. The zero-order valence-corrected chi connectivity index (χ0v) is 13.8. The molecule has 3 aromatic rings. The van der Waals surface area contributed by atoms with Crippen LogP contribution in [0.2, 0.25) is 0 Å². The molecule has 0 spiro atoms. The number of aliphatic hydroxyl groups is 1. The van der Waals surface area contributed by atoms with Gasteiger partial charge >= 0.3 is 0 Å². The van der Waals surface area contributed by atoms with E-state index in [1.807, 2.05) is 17.0 Å². The summed E-state index contributed by atoms with van der Waals surface area (Å²) in [7, 11) is 0. The molecule has 0 bridgehead atoms. The van der Waals surface area contributed by atoms with Gasteiger partial charge in [0, 0.05) is 25.2 Å². The molecule has 1 fully saturated rings. The summed E-state index contributed by atoms with van der Waals surface area (Å²) in [5.74, 6) is 0.774. The lowest BCUT2D eigenvalue weighted by atomic mass is 9.86. The van der Waals surface area contributed by atoms with E-state index in [-0.39, 0.29) is 5.92 Å². The third-order valence-corrected chi connectivity index (χ3v) is 4.99. The van der Waals surface area contributed by atoms with Gasteiger partial charge in [0.1, 0.15) is 11.9 Å². The van der Waals surface area contributed by atoms with Crippen LogP contribution in [-0.2, 0) is 0 Å². The van der Waals surface area contributed by atoms with Crippen LogP contribution in [0.5, 0.6) is 0 Å². The average Bonchev–Trinajstić information content (AvgIpc) is 2.67. The quantitative estimate of drug-likeness (QED) is 0.782. The van der Waals surface area contributed by atoms with E-state index in [0.717, 1.165) is 13.0 Å². The fourth-order valence-electron chi connectivity index (χ4n) is 3.69. The lowest BCUT2D eigenvalue weighted by Gasteiger charge is -2.37. The van der Waals surface area contributed by atoms with Crippen molar-refractivity contribution in [1.29, 1.82) is 5.26 Å². The van der Waals surface area contributed by atoms with Crippen molar-refractivity contribution in [3.05, 3.63) is 71.9 Å². The van der Waals surface area contributed by atoms with Crippen LogP contribution in [0.15, 0.2) is 60.8 Å². The van der Waals surface area contributed by atoms with Crippen molar-refractivity contribution in [2.24, 2.45) is 0 Å². The molecule has 0 aliphatic carbocycles. The number of pyridine rings is 1. The van der Waals surface area contributed by atoms with Crippen molar-refractivity contribution in [2.45, 2.75) is 18.4 Å². The highest BCUT2D eigenvalue weighted by Gasteiger charge is 2.30. The van der Waals surface area contributed by atoms with Gasteiger partial charge in [0.05, 0.1) is 11.7 Å². The van der Waals surface area contributed by atoms with Gasteiger partial charge in [-0.05, 0) is 34.9 Å². The number of piperidine rings is 1. The summed E-state index contributed by atoms with van der Waals surface area (Å²) in [4.78, 5) is 6.35. The van der Waals surface area contributed by atoms with Crippen molar-refractivity contribution in [1.82, 2.24) is 4.98 Å². The molecular formula is C21H19N3O. The second-order valence-electron chi connectivity index (χ2n) is 6.50. The first-order valence-electron chi connectivity index (χ1n) is 8.53. The number of β-amino-alcohol motifs (C(OH)–C–C–N with tert-alkyl or cyclic N) is 1. The first-order valence-corrected chi connectivity index (χ1v) is 8.53. The molecule has 1 aromatic heterocycles. The Balaban J connectivity index is 1.58. The molecule has 0 amide bonds. The number of aromatic nitrogens is 1. The molecule has 1 N–H and O–H groups in total. The van der Waals surface area contributed by atoms with Gasteiger partial charge < -0.3 is 10.0 Å². The van der Waals surface area contributed by atoms with Gasteiger partial charge in [-0.3, -0.25) is 0 Å². The third kappa shape index (κ3) is 2.95. The Morgan fingerprint density at radius 3 is 2.72 bits per heavy atom. The molecule has 1 aliphatic rings. The highest BCUT2D eigenvalue weighted by molar-refractivity contribution is 5.83. The van der Waals surface area contributed by atoms with E-state index in [2.05, 4.69) is 41.4 Å². The predicted molar refractivity (Wildman–Crippen MR) is 98.5 cm³/mol. The smallest absolute Gasteiger partial charge is 0.146 e. The fraction of sp³-hybridized carbons (Fsp3) is 0.238. The lowest BCUT2D eigenvalue weighted by molar-refractivity contribution is 0.129. The monoisotopic (exact) mass is 329 g/mol. The minimum atomic E-state index is -0.483. The summed E-state index contributed by atoms with van der Waals surface area (Å²) in [6, 6.07) is 20.4. The molecule has 25 heavy (non-hydrogen) atoms. The van der Waals surface area contributed by atoms with Crippen molar-refractivity contribution in [3.63, 3.8) is 0 Å². The summed E-state index contributed by atoms with van der Waals surface area (Å²) >= 11 is 0. The third-order valence-electron chi connectivity index (χ3n) is 4.99. The van der Waals surface area contributed by atoms with Crippen LogP contribution in [0.25, 0.3) is 10.8 Å². The molecule has 1 aliphatic heterocycles. The van der Waals surface area contributed by atoms with Crippen LogP contribution < -0.4 is 4.90 Å². The van der Waals surface area contributed by atoms with Gasteiger partial charge in [-0.1, -0.05) is 42.5 Å². The number of rotatable bonds is 2. The van der Waals surface area contributed by atoms with E-state index in [1.165, 1.54) is 16.3 Å². The normalized spacial score (nSPS) is 20.4. The average molecular weight is 329 g/mol. The molecule has 4 rings (SSSR count). The molecule has 4 heteroatoms. The summed E-state index contributed by atoms with van der Waals surface area (Å²) in [6.45, 7) is 1.27. The Morgan fingerprint density at radius 1 is 1.08 bits per heavy atom. The Morgan fingerprint density at radius 2 is 1.92 bits per heavy atom. The maximum Gasteiger partial charge on any atom is 0.146 e. The maximum absolute atomic E-state index is 10.7. The van der Waals surface area contributed by atoms with Crippen molar-refractivity contribution < 1.29 is 5.11 Å². The van der Waals surface area contributed by atoms with Gasteiger partial charge in [-0.2, -0.15) is 5.26 Å². The van der Waals surface area contributed by atoms with E-state index in [4.69, 9.17) is 0 Å². The van der Waals surface area contributed by atoms with Gasteiger partial charge in [0.15, 0.2) is 0 Å². The number of benzene rings is 2. The number of nitrogens with zero attached hydrogens (tertiary/aromatic N) is 3. The molecule has 1 saturated heterocycles. The van der Waals surface area contributed by atoms with Crippen LogP contribution in [0.1, 0.15) is 23.5 Å². The van der Waals surface area contributed by atoms with Gasteiger partial charge in [0.25, 0.3) is 0 Å². The highest BCUT2D eigenvalue weighted by Crippen LogP contribution is 2.32. The van der Waals surface area contributed by atoms with E-state index in [9.17, 15) is 10.4 Å². The fourth-order valence-corrected chi connectivity index (χ4v) is 3.69. The zero-order chi connectivity index (χ0) is 17.2. The topological polar surface area (TPSA) is 60.2 Å². The second-order valence-corrected chi connectivity index (χ2v) is 6.50. The number of fused-ring (bicyclic) bond motifs is 1. The van der Waals surface area contributed by atoms with Gasteiger partial charge in [0.2, 0.25) is 0 Å². The van der Waals surface area contributed by atoms with Gasteiger partial charge in [-0.25, -0.2) is 4.98 Å². The van der Waals surface area contributed by atoms with E-state index in [0.29, 0.717) is 17.9 Å².